The third-order valence-electron chi connectivity index (χ3n) is 5.09. The number of rotatable bonds is 10. The second-order valence-corrected chi connectivity index (χ2v) is 7.60. The monoisotopic (exact) mass is 497 g/mol. The molecule has 0 spiro atoms. The van der Waals surface area contributed by atoms with Gasteiger partial charge in [-0.3, -0.25) is 4.79 Å². The molecule has 1 aromatic carbocycles. The van der Waals surface area contributed by atoms with Crippen LogP contribution >= 0.6 is 0 Å². The highest BCUT2D eigenvalue weighted by atomic mass is 16.5. The fourth-order valence-corrected chi connectivity index (χ4v) is 3.33. The summed E-state index contributed by atoms with van der Waals surface area (Å²) < 4.78 is 20.8. The van der Waals surface area contributed by atoms with Gasteiger partial charge in [0.15, 0.2) is 0 Å². The number of hydrogen-bond acceptors (Lipinski definition) is 8. The van der Waals surface area contributed by atoms with Crippen LogP contribution in [0.3, 0.4) is 0 Å². The van der Waals surface area contributed by atoms with Gasteiger partial charge >= 0.3 is 18.0 Å². The minimum absolute atomic E-state index is 0.0401. The highest BCUT2D eigenvalue weighted by molar-refractivity contribution is 5.96. The van der Waals surface area contributed by atoms with Crippen LogP contribution in [-0.2, 0) is 23.9 Å². The maximum absolute atomic E-state index is 12.6. The summed E-state index contributed by atoms with van der Waals surface area (Å²) in [5.41, 5.74) is 0.857. The summed E-state index contributed by atoms with van der Waals surface area (Å²) in [7, 11) is 1.56. The molecule has 3 rings (SSSR count). The zero-order valence-electron chi connectivity index (χ0n) is 20.0. The summed E-state index contributed by atoms with van der Waals surface area (Å²) in [6.45, 7) is 2.76. The molecule has 3 N–H and O–H groups in total. The van der Waals surface area contributed by atoms with Gasteiger partial charge < -0.3 is 34.6 Å². The normalized spacial score (nSPS) is 16.1. The lowest BCUT2D eigenvalue weighted by molar-refractivity contribution is -0.146. The number of hydrogen-bond donors (Lipinski definition) is 3. The van der Waals surface area contributed by atoms with Crippen LogP contribution in [0.5, 0.6) is 5.75 Å². The molecule has 190 valence electrons. The lowest BCUT2D eigenvalue weighted by Crippen LogP contribution is -2.47. The van der Waals surface area contributed by atoms with Crippen molar-refractivity contribution in [1.82, 2.24) is 16.0 Å². The number of benzene rings is 1. The van der Waals surface area contributed by atoms with Gasteiger partial charge in [0.25, 0.3) is 0 Å². The number of esters is 2. The van der Waals surface area contributed by atoms with E-state index in [1.54, 1.807) is 56.5 Å². The summed E-state index contributed by atoms with van der Waals surface area (Å²) in [5.74, 6) is -0.980. The summed E-state index contributed by atoms with van der Waals surface area (Å²) in [5, 5.41) is 7.58. The predicted molar refractivity (Wildman–Crippen MR) is 127 cm³/mol. The molecule has 0 bridgehead atoms. The van der Waals surface area contributed by atoms with Gasteiger partial charge in [-0.2, -0.15) is 0 Å². The molecule has 11 heteroatoms. The van der Waals surface area contributed by atoms with Crippen LogP contribution in [0, 0.1) is 0 Å². The molecule has 0 radical (unpaired) electrons. The van der Waals surface area contributed by atoms with Gasteiger partial charge in [0, 0.05) is 6.08 Å². The molecule has 1 aromatic heterocycles. The van der Waals surface area contributed by atoms with Gasteiger partial charge in [-0.25, -0.2) is 14.4 Å². The first-order valence-corrected chi connectivity index (χ1v) is 11.1. The van der Waals surface area contributed by atoms with E-state index in [1.165, 1.54) is 19.3 Å². The first-order chi connectivity index (χ1) is 17.3. The van der Waals surface area contributed by atoms with E-state index in [0.717, 1.165) is 5.56 Å². The van der Waals surface area contributed by atoms with Crippen molar-refractivity contribution in [3.8, 4) is 5.75 Å². The average molecular weight is 498 g/mol. The minimum atomic E-state index is -0.997. The van der Waals surface area contributed by atoms with Crippen LogP contribution < -0.4 is 20.7 Å². The van der Waals surface area contributed by atoms with Crippen LogP contribution in [0.2, 0.25) is 0 Å². The Morgan fingerprint density at radius 1 is 1.17 bits per heavy atom. The third-order valence-corrected chi connectivity index (χ3v) is 5.09. The Morgan fingerprint density at radius 2 is 1.92 bits per heavy atom. The van der Waals surface area contributed by atoms with Crippen molar-refractivity contribution in [3.63, 3.8) is 0 Å². The number of furan rings is 1. The van der Waals surface area contributed by atoms with Gasteiger partial charge in [-0.15, -0.1) is 0 Å². The Balaban J connectivity index is 1.65. The fourth-order valence-electron chi connectivity index (χ4n) is 3.33. The van der Waals surface area contributed by atoms with Gasteiger partial charge in [0.2, 0.25) is 5.91 Å². The number of amides is 3. The quantitative estimate of drug-likeness (QED) is 0.335. The minimum Gasteiger partial charge on any atom is -0.497 e. The van der Waals surface area contributed by atoms with Crippen LogP contribution in [0.1, 0.15) is 31.2 Å². The van der Waals surface area contributed by atoms with Gasteiger partial charge in [0.05, 0.1) is 31.2 Å². The Bertz CT molecular complexity index is 1150. The molecule has 11 nitrogen and oxygen atoms in total. The molecule has 1 unspecified atom stereocenters. The summed E-state index contributed by atoms with van der Waals surface area (Å²) >= 11 is 0. The van der Waals surface area contributed by atoms with E-state index >= 15 is 0 Å². The van der Waals surface area contributed by atoms with Crippen LogP contribution in [0.25, 0.3) is 6.08 Å². The van der Waals surface area contributed by atoms with Crippen molar-refractivity contribution in [3.05, 3.63) is 71.3 Å². The largest absolute Gasteiger partial charge is 0.497 e. The van der Waals surface area contributed by atoms with Crippen LogP contribution in [0.15, 0.2) is 64.4 Å². The molecule has 0 aliphatic carbocycles. The van der Waals surface area contributed by atoms with E-state index in [0.29, 0.717) is 11.5 Å². The van der Waals surface area contributed by atoms with Crippen molar-refractivity contribution >= 4 is 30.0 Å². The lowest BCUT2D eigenvalue weighted by atomic mass is 10.0. The molecule has 2 heterocycles. The number of nitrogens with one attached hydrogen (secondary N) is 3. The molecule has 36 heavy (non-hydrogen) atoms. The lowest BCUT2D eigenvalue weighted by Gasteiger charge is -2.27. The third kappa shape index (κ3) is 6.75. The Kier molecular flexibility index (Phi) is 8.87. The molecule has 0 saturated carbocycles. The van der Waals surface area contributed by atoms with Crippen molar-refractivity contribution in [2.75, 3.05) is 20.3 Å². The zero-order chi connectivity index (χ0) is 26.1. The summed E-state index contributed by atoms with van der Waals surface area (Å²) in [4.78, 5) is 49.5. The Morgan fingerprint density at radius 3 is 2.56 bits per heavy atom. The molecule has 1 aliphatic heterocycles. The molecule has 0 fully saturated rings. The standard InChI is InChI=1S/C25H27N3O8/c1-4-34-24(31)21-18(27-25(32)28-22(21)19-6-5-13-35-19)14-36-23(30)15(2)26-20(29)12-9-16-7-10-17(33-3)11-8-16/h5-13,15,22H,4,14H2,1-3H3,(H,26,29)(H2,27,28,32)/b12-9+/t15-,22?/m0/s1. The smallest absolute Gasteiger partial charge is 0.338 e. The number of ether oxygens (including phenoxy) is 3. The van der Waals surface area contributed by atoms with Crippen molar-refractivity contribution in [2.45, 2.75) is 25.9 Å². The molecular weight excluding hydrogens is 470 g/mol. The molecule has 0 saturated heterocycles. The van der Waals surface area contributed by atoms with E-state index in [2.05, 4.69) is 16.0 Å². The SMILES string of the molecule is CCOC(=O)C1=C(COC(=O)[C@H](C)NC(=O)/C=C/c2ccc(OC)cc2)NC(=O)NC1c1ccco1. The molecule has 2 atom stereocenters. The van der Waals surface area contributed by atoms with Crippen LogP contribution in [-0.4, -0.2) is 50.2 Å². The Labute approximate surface area is 207 Å². The average Bonchev–Trinajstić information content (AvgIpc) is 3.41. The number of carbonyl (C=O) groups excluding carboxylic acids is 4. The van der Waals surface area contributed by atoms with Crippen molar-refractivity contribution in [1.29, 1.82) is 0 Å². The first-order valence-electron chi connectivity index (χ1n) is 11.1. The second-order valence-electron chi connectivity index (χ2n) is 7.60. The van der Waals surface area contributed by atoms with Gasteiger partial charge in [-0.05, 0) is 49.8 Å². The molecular formula is C25H27N3O8. The van der Waals surface area contributed by atoms with E-state index in [9.17, 15) is 19.2 Å². The Hall–Kier alpha value is -4.54. The number of urea groups is 1. The molecule has 2 aromatic rings. The maximum atomic E-state index is 12.6. The maximum Gasteiger partial charge on any atom is 0.338 e. The van der Waals surface area contributed by atoms with E-state index in [1.807, 2.05) is 0 Å². The summed E-state index contributed by atoms with van der Waals surface area (Å²) in [6.07, 6.45) is 4.27. The fraction of sp³-hybridized carbons (Fsp3) is 0.280. The number of methoxy groups -OCH3 is 1. The number of carbonyl (C=O) groups is 4. The van der Waals surface area contributed by atoms with E-state index in [4.69, 9.17) is 18.6 Å². The predicted octanol–water partition coefficient (Wildman–Crippen LogP) is 2.22. The van der Waals surface area contributed by atoms with Gasteiger partial charge in [0.1, 0.15) is 30.2 Å². The van der Waals surface area contributed by atoms with E-state index in [-0.39, 0.29) is 17.9 Å². The topological polar surface area (TPSA) is 145 Å². The highest BCUT2D eigenvalue weighted by Crippen LogP contribution is 2.28. The second kappa shape index (κ2) is 12.2. The van der Waals surface area contributed by atoms with Crippen LogP contribution in [0.4, 0.5) is 4.79 Å². The molecule has 3 amide bonds. The molecule has 1 aliphatic rings. The van der Waals surface area contributed by atoms with E-state index < -0.39 is 42.6 Å². The zero-order valence-corrected chi connectivity index (χ0v) is 20.0. The van der Waals surface area contributed by atoms with Crippen molar-refractivity contribution in [2.24, 2.45) is 0 Å². The summed E-state index contributed by atoms with van der Waals surface area (Å²) in [6, 6.07) is 7.73. The van der Waals surface area contributed by atoms with Crippen molar-refractivity contribution < 1.29 is 37.8 Å². The first kappa shape index (κ1) is 26.1. The van der Waals surface area contributed by atoms with Gasteiger partial charge in [-0.1, -0.05) is 12.1 Å². The highest BCUT2D eigenvalue weighted by Gasteiger charge is 2.36.